The molecule has 0 aromatic rings. The maximum Gasteiger partial charge on any atom is 0.389 e. The number of carbonyl (C=O) groups is 1. The van der Waals surface area contributed by atoms with Crippen LogP contribution in [0.25, 0.3) is 0 Å². The summed E-state index contributed by atoms with van der Waals surface area (Å²) in [6.07, 6.45) is -5.32. The van der Waals surface area contributed by atoms with Gasteiger partial charge in [0.05, 0.1) is 6.61 Å². The van der Waals surface area contributed by atoms with E-state index in [0.29, 0.717) is 0 Å². The number of carboxylic acids is 1. The van der Waals surface area contributed by atoms with E-state index in [1.54, 1.807) is 0 Å². The Hall–Kier alpha value is -0.820. The lowest BCUT2D eigenvalue weighted by Gasteiger charge is -2.08. The number of halogens is 3. The fourth-order valence-electron chi connectivity index (χ4n) is 0.656. The van der Waals surface area contributed by atoms with Crippen LogP contribution in [-0.4, -0.2) is 36.5 Å². The van der Waals surface area contributed by atoms with E-state index in [1.165, 1.54) is 0 Å². The summed E-state index contributed by atoms with van der Waals surface area (Å²) in [4.78, 5) is 10.1. The van der Waals surface area contributed by atoms with Gasteiger partial charge in [0.15, 0.2) is 0 Å². The van der Waals surface area contributed by atoms with E-state index in [-0.39, 0.29) is 19.6 Å². The van der Waals surface area contributed by atoms with Crippen LogP contribution in [0.2, 0.25) is 0 Å². The normalized spacial score (nSPS) is 14.0. The van der Waals surface area contributed by atoms with Gasteiger partial charge in [-0.2, -0.15) is 13.2 Å². The number of rotatable bonds is 6. The van der Waals surface area contributed by atoms with Gasteiger partial charge in [-0.25, -0.2) is 0 Å². The number of aliphatic carboxylic acids is 1. The molecule has 1 unspecified atom stereocenters. The zero-order valence-electron chi connectivity index (χ0n) is 7.38. The average molecular weight is 215 g/mol. The standard InChI is InChI=1S/C7H12F3NO3/c8-7(9,10)2-1-3-14-4-5(11)6(12)13/h5H,1-4,11H2,(H,12,13). The first-order chi connectivity index (χ1) is 6.33. The van der Waals surface area contributed by atoms with Gasteiger partial charge in [-0.3, -0.25) is 4.79 Å². The molecule has 3 N–H and O–H groups in total. The third-order valence-electron chi connectivity index (χ3n) is 1.36. The molecule has 1 atom stereocenters. The Morgan fingerprint density at radius 2 is 2.07 bits per heavy atom. The van der Waals surface area contributed by atoms with Crippen molar-refractivity contribution in [2.45, 2.75) is 25.1 Å². The van der Waals surface area contributed by atoms with Gasteiger partial charge in [0, 0.05) is 13.0 Å². The van der Waals surface area contributed by atoms with Crippen LogP contribution >= 0.6 is 0 Å². The molecule has 0 rings (SSSR count). The van der Waals surface area contributed by atoms with Gasteiger partial charge in [0.25, 0.3) is 0 Å². The Morgan fingerprint density at radius 3 is 2.50 bits per heavy atom. The highest BCUT2D eigenvalue weighted by molar-refractivity contribution is 5.73. The van der Waals surface area contributed by atoms with Crippen LogP contribution < -0.4 is 5.73 Å². The van der Waals surface area contributed by atoms with Gasteiger partial charge in [0.2, 0.25) is 0 Å². The lowest BCUT2D eigenvalue weighted by molar-refractivity contribution is -0.142. The van der Waals surface area contributed by atoms with Crippen molar-refractivity contribution in [3.05, 3.63) is 0 Å². The topological polar surface area (TPSA) is 72.5 Å². The number of nitrogens with two attached hydrogens (primary N) is 1. The molecule has 0 aliphatic carbocycles. The zero-order chi connectivity index (χ0) is 11.2. The first-order valence-electron chi connectivity index (χ1n) is 3.96. The van der Waals surface area contributed by atoms with Gasteiger partial charge >= 0.3 is 12.1 Å². The largest absolute Gasteiger partial charge is 0.480 e. The van der Waals surface area contributed by atoms with E-state index in [9.17, 15) is 18.0 Å². The van der Waals surface area contributed by atoms with E-state index in [4.69, 9.17) is 10.8 Å². The monoisotopic (exact) mass is 215 g/mol. The number of hydrogen-bond acceptors (Lipinski definition) is 3. The lowest BCUT2D eigenvalue weighted by Crippen LogP contribution is -2.35. The second-order valence-electron chi connectivity index (χ2n) is 2.74. The molecule has 0 saturated heterocycles. The number of ether oxygens (including phenoxy) is 1. The Bertz CT molecular complexity index is 184. The number of alkyl halides is 3. The smallest absolute Gasteiger partial charge is 0.389 e. The molecule has 0 aliphatic heterocycles. The molecule has 14 heavy (non-hydrogen) atoms. The summed E-state index contributed by atoms with van der Waals surface area (Å²) >= 11 is 0. The van der Waals surface area contributed by atoms with E-state index < -0.39 is 24.6 Å². The molecule has 0 amide bonds. The van der Waals surface area contributed by atoms with Crippen LogP contribution in [0.3, 0.4) is 0 Å². The molecule has 0 aromatic heterocycles. The first-order valence-corrected chi connectivity index (χ1v) is 3.96. The van der Waals surface area contributed by atoms with E-state index >= 15 is 0 Å². The molecule has 0 spiro atoms. The Morgan fingerprint density at radius 1 is 1.50 bits per heavy atom. The highest BCUT2D eigenvalue weighted by Gasteiger charge is 2.26. The van der Waals surface area contributed by atoms with Crippen LogP contribution in [0.4, 0.5) is 13.2 Å². The highest BCUT2D eigenvalue weighted by atomic mass is 19.4. The third kappa shape index (κ3) is 7.81. The summed E-state index contributed by atoms with van der Waals surface area (Å²) in [5.74, 6) is -1.24. The summed E-state index contributed by atoms with van der Waals surface area (Å²) in [5, 5.41) is 8.28. The number of hydrogen-bond donors (Lipinski definition) is 2. The van der Waals surface area contributed by atoms with Crippen molar-refractivity contribution in [3.8, 4) is 0 Å². The molecule has 0 bridgehead atoms. The summed E-state index contributed by atoms with van der Waals surface area (Å²) < 4.78 is 39.4. The van der Waals surface area contributed by atoms with Crippen molar-refractivity contribution in [2.75, 3.05) is 13.2 Å². The fourth-order valence-corrected chi connectivity index (χ4v) is 0.656. The summed E-state index contributed by atoms with van der Waals surface area (Å²) in [5.41, 5.74) is 5.04. The van der Waals surface area contributed by atoms with Gasteiger partial charge in [-0.05, 0) is 6.42 Å². The quantitative estimate of drug-likeness (QED) is 0.641. The average Bonchev–Trinajstić information content (AvgIpc) is 2.01. The minimum Gasteiger partial charge on any atom is -0.480 e. The van der Waals surface area contributed by atoms with Crippen LogP contribution in [0.1, 0.15) is 12.8 Å². The Labute approximate surface area is 78.8 Å². The van der Waals surface area contributed by atoms with Crippen molar-refractivity contribution in [3.63, 3.8) is 0 Å². The Kier molecular flexibility index (Phi) is 5.47. The van der Waals surface area contributed by atoms with Gasteiger partial charge < -0.3 is 15.6 Å². The van der Waals surface area contributed by atoms with Crippen molar-refractivity contribution in [1.29, 1.82) is 0 Å². The van der Waals surface area contributed by atoms with Crippen molar-refractivity contribution in [2.24, 2.45) is 5.73 Å². The van der Waals surface area contributed by atoms with Crippen molar-refractivity contribution >= 4 is 5.97 Å². The molecule has 0 fully saturated rings. The van der Waals surface area contributed by atoms with Crippen LogP contribution in [-0.2, 0) is 9.53 Å². The molecule has 4 nitrogen and oxygen atoms in total. The minimum atomic E-state index is -4.20. The summed E-state index contributed by atoms with van der Waals surface area (Å²) in [7, 11) is 0. The first kappa shape index (κ1) is 13.2. The molecule has 7 heteroatoms. The Balaban J connectivity index is 3.35. The van der Waals surface area contributed by atoms with Gasteiger partial charge in [0.1, 0.15) is 6.04 Å². The third-order valence-corrected chi connectivity index (χ3v) is 1.36. The lowest BCUT2D eigenvalue weighted by atomic mass is 10.3. The second-order valence-corrected chi connectivity index (χ2v) is 2.74. The van der Waals surface area contributed by atoms with E-state index in [2.05, 4.69) is 4.74 Å². The van der Waals surface area contributed by atoms with E-state index in [1.807, 2.05) is 0 Å². The van der Waals surface area contributed by atoms with Crippen LogP contribution in [0.5, 0.6) is 0 Å². The molecular formula is C7H12F3NO3. The van der Waals surface area contributed by atoms with Crippen molar-refractivity contribution in [1.82, 2.24) is 0 Å². The van der Waals surface area contributed by atoms with Crippen LogP contribution in [0, 0.1) is 0 Å². The van der Waals surface area contributed by atoms with Crippen LogP contribution in [0.15, 0.2) is 0 Å². The second kappa shape index (κ2) is 5.82. The molecular weight excluding hydrogens is 203 g/mol. The van der Waals surface area contributed by atoms with Crippen molar-refractivity contribution < 1.29 is 27.8 Å². The zero-order valence-corrected chi connectivity index (χ0v) is 7.38. The molecule has 84 valence electrons. The molecule has 0 aliphatic rings. The maximum atomic E-state index is 11.6. The summed E-state index contributed by atoms with van der Waals surface area (Å²) in [6, 6.07) is -1.18. The predicted molar refractivity (Wildman–Crippen MR) is 41.7 cm³/mol. The molecule has 0 saturated carbocycles. The van der Waals surface area contributed by atoms with E-state index in [0.717, 1.165) is 0 Å². The molecule has 0 radical (unpaired) electrons. The SMILES string of the molecule is NC(COCCCC(F)(F)F)C(=O)O. The highest BCUT2D eigenvalue weighted by Crippen LogP contribution is 2.20. The maximum absolute atomic E-state index is 11.6. The minimum absolute atomic E-state index is 0.138. The van der Waals surface area contributed by atoms with Gasteiger partial charge in [-0.15, -0.1) is 0 Å². The fraction of sp³-hybridized carbons (Fsp3) is 0.857. The number of carboxylic acid groups (broad SMARTS) is 1. The molecule has 0 heterocycles. The van der Waals surface area contributed by atoms with Gasteiger partial charge in [-0.1, -0.05) is 0 Å². The predicted octanol–water partition coefficient (Wildman–Crippen LogP) is 0.757. The summed E-state index contributed by atoms with van der Waals surface area (Å²) in [6.45, 7) is -0.409. The molecule has 0 aromatic carbocycles.